The van der Waals surface area contributed by atoms with Gasteiger partial charge in [-0.25, -0.2) is 9.97 Å². The van der Waals surface area contributed by atoms with Gasteiger partial charge in [-0.1, -0.05) is 0 Å². The van der Waals surface area contributed by atoms with Crippen molar-refractivity contribution in [3.05, 3.63) is 60.1 Å². The molecule has 0 spiro atoms. The number of carbonyl (C=O) groups is 1. The van der Waals surface area contributed by atoms with E-state index in [1.807, 2.05) is 25.1 Å². The lowest BCUT2D eigenvalue weighted by molar-refractivity contribution is 0.101. The molecule has 0 radical (unpaired) electrons. The second-order valence-corrected chi connectivity index (χ2v) is 6.52. The van der Waals surface area contributed by atoms with E-state index in [1.54, 1.807) is 31.5 Å². The van der Waals surface area contributed by atoms with E-state index in [2.05, 4.69) is 25.6 Å². The van der Waals surface area contributed by atoms with Crippen LogP contribution in [-0.2, 0) is 0 Å². The van der Waals surface area contributed by atoms with E-state index >= 15 is 0 Å². The van der Waals surface area contributed by atoms with Gasteiger partial charge in [-0.3, -0.25) is 4.79 Å². The van der Waals surface area contributed by atoms with Gasteiger partial charge in [0.1, 0.15) is 17.1 Å². The molecule has 0 aliphatic carbocycles. The van der Waals surface area contributed by atoms with Gasteiger partial charge in [-0.05, 0) is 44.2 Å². The Labute approximate surface area is 167 Å². The van der Waals surface area contributed by atoms with Gasteiger partial charge < -0.3 is 19.8 Å². The number of ketones is 1. The summed E-state index contributed by atoms with van der Waals surface area (Å²) in [7, 11) is 1.55. The van der Waals surface area contributed by atoms with Crippen LogP contribution >= 0.6 is 0 Å². The van der Waals surface area contributed by atoms with Gasteiger partial charge in [0.15, 0.2) is 17.8 Å². The number of oxazole rings is 1. The molecule has 146 valence electrons. The van der Waals surface area contributed by atoms with E-state index in [1.165, 1.54) is 13.3 Å². The Hall–Kier alpha value is -3.94. The van der Waals surface area contributed by atoms with E-state index in [0.717, 1.165) is 22.4 Å². The van der Waals surface area contributed by atoms with Crippen LogP contribution in [0.4, 0.5) is 23.1 Å². The molecule has 0 saturated heterocycles. The summed E-state index contributed by atoms with van der Waals surface area (Å²) < 4.78 is 10.5. The predicted molar refractivity (Wildman–Crippen MR) is 110 cm³/mol. The molecule has 2 aromatic heterocycles. The minimum absolute atomic E-state index is 0.0534. The maximum atomic E-state index is 11.8. The number of aromatic nitrogens is 3. The number of hydrogen-bond donors (Lipinski definition) is 2. The number of nitrogens with zero attached hydrogens (tertiary/aromatic N) is 3. The fourth-order valence-electron chi connectivity index (χ4n) is 2.82. The van der Waals surface area contributed by atoms with Gasteiger partial charge in [0, 0.05) is 34.8 Å². The van der Waals surface area contributed by atoms with Crippen LogP contribution in [0.2, 0.25) is 0 Å². The lowest BCUT2D eigenvalue weighted by Gasteiger charge is -2.12. The van der Waals surface area contributed by atoms with Crippen molar-refractivity contribution in [3.63, 3.8) is 0 Å². The summed E-state index contributed by atoms with van der Waals surface area (Å²) in [5, 5.41) is 6.41. The Morgan fingerprint density at radius 3 is 2.72 bits per heavy atom. The number of carbonyl (C=O) groups excluding carboxylic acids is 1. The first kappa shape index (κ1) is 18.4. The first-order valence-electron chi connectivity index (χ1n) is 8.93. The topological polar surface area (TPSA) is 102 Å². The van der Waals surface area contributed by atoms with E-state index in [9.17, 15) is 4.79 Å². The van der Waals surface area contributed by atoms with Crippen molar-refractivity contribution in [1.82, 2.24) is 15.0 Å². The van der Waals surface area contributed by atoms with Gasteiger partial charge in [0.05, 0.1) is 7.11 Å². The maximum Gasteiger partial charge on any atom is 0.229 e. The zero-order valence-corrected chi connectivity index (χ0v) is 16.2. The van der Waals surface area contributed by atoms with Crippen LogP contribution in [-0.4, -0.2) is 27.8 Å². The van der Waals surface area contributed by atoms with E-state index in [4.69, 9.17) is 9.15 Å². The van der Waals surface area contributed by atoms with Gasteiger partial charge in [0.25, 0.3) is 0 Å². The zero-order valence-electron chi connectivity index (χ0n) is 16.2. The molecule has 0 aliphatic rings. The monoisotopic (exact) mass is 389 g/mol. The number of aryl methyl sites for hydroxylation is 1. The predicted octanol–water partition coefficient (Wildman–Crippen LogP) is 4.62. The molecule has 2 N–H and O–H groups in total. The molecule has 2 aromatic carbocycles. The summed E-state index contributed by atoms with van der Waals surface area (Å²) in [5.74, 6) is 1.57. The van der Waals surface area contributed by atoms with E-state index in [0.29, 0.717) is 28.8 Å². The molecule has 8 nitrogen and oxygen atoms in total. The van der Waals surface area contributed by atoms with Crippen molar-refractivity contribution in [2.24, 2.45) is 0 Å². The number of anilines is 4. The van der Waals surface area contributed by atoms with Crippen LogP contribution < -0.4 is 15.4 Å². The number of ether oxygens (including phenoxy) is 1. The van der Waals surface area contributed by atoms with Gasteiger partial charge in [-0.2, -0.15) is 4.98 Å². The number of methoxy groups -OCH3 is 1. The smallest absolute Gasteiger partial charge is 0.229 e. The molecule has 0 unspecified atom stereocenters. The number of Topliss-reactive ketones (excluding diaryl/α,β-unsaturated/α-hetero) is 1. The highest BCUT2D eigenvalue weighted by atomic mass is 16.5. The quantitative estimate of drug-likeness (QED) is 0.460. The fourth-order valence-corrected chi connectivity index (χ4v) is 2.82. The van der Waals surface area contributed by atoms with Crippen LogP contribution in [0, 0.1) is 6.92 Å². The molecule has 0 aliphatic heterocycles. The van der Waals surface area contributed by atoms with Crippen LogP contribution in [0.25, 0.3) is 11.1 Å². The van der Waals surface area contributed by atoms with E-state index in [-0.39, 0.29) is 5.78 Å². The van der Waals surface area contributed by atoms with Crippen molar-refractivity contribution in [1.29, 1.82) is 0 Å². The minimum atomic E-state index is -0.0534. The molecule has 8 heteroatoms. The molecule has 29 heavy (non-hydrogen) atoms. The SMILES string of the molecule is COc1cc(Nc2ncc(C)c(Nc3ccc4ocnc4c3)n2)cc(C(C)=O)c1. The number of benzene rings is 2. The van der Waals surface area contributed by atoms with Gasteiger partial charge >= 0.3 is 0 Å². The first-order chi connectivity index (χ1) is 14.0. The normalized spacial score (nSPS) is 10.7. The summed E-state index contributed by atoms with van der Waals surface area (Å²) in [6.45, 7) is 3.43. The Morgan fingerprint density at radius 2 is 1.93 bits per heavy atom. The van der Waals surface area contributed by atoms with Crippen LogP contribution in [0.1, 0.15) is 22.8 Å². The van der Waals surface area contributed by atoms with Crippen molar-refractivity contribution in [3.8, 4) is 5.75 Å². The van der Waals surface area contributed by atoms with Crippen molar-refractivity contribution in [2.75, 3.05) is 17.7 Å². The summed E-state index contributed by atoms with van der Waals surface area (Å²) in [6.07, 6.45) is 3.13. The summed E-state index contributed by atoms with van der Waals surface area (Å²) >= 11 is 0. The molecule has 0 amide bonds. The third kappa shape index (κ3) is 4.01. The third-order valence-electron chi connectivity index (χ3n) is 4.37. The zero-order chi connectivity index (χ0) is 20.4. The highest BCUT2D eigenvalue weighted by Gasteiger charge is 2.09. The van der Waals surface area contributed by atoms with Crippen molar-refractivity contribution < 1.29 is 13.9 Å². The summed E-state index contributed by atoms with van der Waals surface area (Å²) in [6, 6.07) is 10.8. The fraction of sp³-hybridized carbons (Fsp3) is 0.143. The summed E-state index contributed by atoms with van der Waals surface area (Å²) in [4.78, 5) is 24.8. The number of hydrogen-bond acceptors (Lipinski definition) is 8. The number of nitrogens with one attached hydrogen (secondary N) is 2. The standard InChI is InChI=1S/C21H19N5O3/c1-12-10-22-21(25-16-6-14(13(2)27)7-17(8-16)28-3)26-20(12)24-15-4-5-19-18(9-15)23-11-29-19/h4-11H,1-3H3,(H2,22,24,25,26). The van der Waals surface area contributed by atoms with Crippen molar-refractivity contribution >= 4 is 40.0 Å². The molecular formula is C21H19N5O3. The summed E-state index contributed by atoms with van der Waals surface area (Å²) in [5.41, 5.74) is 4.39. The van der Waals surface area contributed by atoms with E-state index < -0.39 is 0 Å². The van der Waals surface area contributed by atoms with Crippen LogP contribution in [0.5, 0.6) is 5.75 Å². The Morgan fingerprint density at radius 1 is 1.07 bits per heavy atom. The lowest BCUT2D eigenvalue weighted by atomic mass is 10.1. The van der Waals surface area contributed by atoms with Gasteiger partial charge in [0.2, 0.25) is 5.95 Å². The largest absolute Gasteiger partial charge is 0.497 e. The third-order valence-corrected chi connectivity index (χ3v) is 4.37. The number of fused-ring (bicyclic) bond motifs is 1. The number of rotatable bonds is 6. The molecule has 2 heterocycles. The highest BCUT2D eigenvalue weighted by molar-refractivity contribution is 5.95. The maximum absolute atomic E-state index is 11.8. The van der Waals surface area contributed by atoms with Gasteiger partial charge in [-0.15, -0.1) is 0 Å². The molecule has 0 saturated carbocycles. The Balaban J connectivity index is 1.61. The van der Waals surface area contributed by atoms with Crippen molar-refractivity contribution in [2.45, 2.75) is 13.8 Å². The second kappa shape index (κ2) is 7.59. The average Bonchev–Trinajstić information content (AvgIpc) is 3.18. The van der Waals surface area contributed by atoms with Crippen LogP contribution in [0.3, 0.4) is 0 Å². The average molecular weight is 389 g/mol. The molecule has 4 aromatic rings. The molecule has 0 atom stereocenters. The molecular weight excluding hydrogens is 370 g/mol. The minimum Gasteiger partial charge on any atom is -0.497 e. The first-order valence-corrected chi connectivity index (χ1v) is 8.93. The molecule has 4 rings (SSSR count). The van der Waals surface area contributed by atoms with Crippen LogP contribution in [0.15, 0.2) is 53.4 Å². The highest BCUT2D eigenvalue weighted by Crippen LogP contribution is 2.26. The molecule has 0 bridgehead atoms. The Kier molecular flexibility index (Phi) is 4.82. The lowest BCUT2D eigenvalue weighted by Crippen LogP contribution is -2.04. The Bertz CT molecular complexity index is 1200. The second-order valence-electron chi connectivity index (χ2n) is 6.52. The molecule has 0 fully saturated rings.